The number of rotatable bonds is 2. The number of hydrogen-bond acceptors (Lipinski definition) is 4. The Hall–Kier alpha value is -1.23. The Morgan fingerprint density at radius 3 is 2.68 bits per heavy atom. The van der Waals surface area contributed by atoms with Crippen LogP contribution in [0.5, 0.6) is 0 Å². The highest BCUT2D eigenvalue weighted by atomic mass is 35.5. The summed E-state index contributed by atoms with van der Waals surface area (Å²) in [7, 11) is 0. The minimum atomic E-state index is 0.693. The Morgan fingerprint density at radius 1 is 1.16 bits per heavy atom. The van der Waals surface area contributed by atoms with Crippen LogP contribution in [-0.2, 0) is 4.74 Å². The lowest BCUT2D eigenvalue weighted by Crippen LogP contribution is -2.35. The molecule has 3 nitrogen and oxygen atoms in total. The lowest BCUT2D eigenvalue weighted by atomic mass is 10.2. The average molecular weight is 295 g/mol. The van der Waals surface area contributed by atoms with E-state index >= 15 is 0 Å². The zero-order valence-electron chi connectivity index (χ0n) is 10.4. The molecule has 1 aliphatic heterocycles. The molecule has 0 unspecified atom stereocenters. The number of halogens is 1. The summed E-state index contributed by atoms with van der Waals surface area (Å²) in [6, 6.07) is 9.93. The van der Waals surface area contributed by atoms with Gasteiger partial charge in [0.1, 0.15) is 0 Å². The minimum absolute atomic E-state index is 0.693. The van der Waals surface area contributed by atoms with E-state index in [-0.39, 0.29) is 0 Å². The van der Waals surface area contributed by atoms with Gasteiger partial charge in [-0.1, -0.05) is 17.7 Å². The molecule has 0 amide bonds. The molecule has 1 aliphatic rings. The molecule has 0 spiro atoms. The summed E-state index contributed by atoms with van der Waals surface area (Å²) in [5, 5.41) is 1.97. The van der Waals surface area contributed by atoms with Crippen molar-refractivity contribution in [2.45, 2.75) is 0 Å². The summed E-state index contributed by atoms with van der Waals surface area (Å²) >= 11 is 8.01. The van der Waals surface area contributed by atoms with Gasteiger partial charge in [-0.2, -0.15) is 0 Å². The number of ether oxygens (including phenoxy) is 1. The second-order valence-electron chi connectivity index (χ2n) is 4.48. The quantitative estimate of drug-likeness (QED) is 0.862. The highest BCUT2D eigenvalue weighted by Crippen LogP contribution is 2.37. The van der Waals surface area contributed by atoms with Gasteiger partial charge < -0.3 is 15.4 Å². The Labute approximate surface area is 121 Å². The van der Waals surface area contributed by atoms with E-state index in [0.717, 1.165) is 31.9 Å². The van der Waals surface area contributed by atoms with Crippen LogP contribution in [0, 0.1) is 0 Å². The number of morpholine rings is 1. The van der Waals surface area contributed by atoms with Gasteiger partial charge in [-0.15, -0.1) is 11.3 Å². The number of benzene rings is 1. The van der Waals surface area contributed by atoms with E-state index in [1.807, 2.05) is 12.1 Å². The van der Waals surface area contributed by atoms with Crippen LogP contribution in [0.4, 0.5) is 10.7 Å². The van der Waals surface area contributed by atoms with Crippen molar-refractivity contribution in [2.75, 3.05) is 36.9 Å². The Balaban J connectivity index is 1.87. The van der Waals surface area contributed by atoms with Gasteiger partial charge >= 0.3 is 0 Å². The van der Waals surface area contributed by atoms with Crippen LogP contribution in [-0.4, -0.2) is 26.3 Å². The molecule has 0 atom stereocenters. The largest absolute Gasteiger partial charge is 0.399 e. The van der Waals surface area contributed by atoms with Gasteiger partial charge in [0.05, 0.1) is 23.2 Å². The molecule has 19 heavy (non-hydrogen) atoms. The fraction of sp³-hybridized carbons (Fsp3) is 0.286. The molecule has 0 radical (unpaired) electrons. The summed E-state index contributed by atoms with van der Waals surface area (Å²) < 4.78 is 5.37. The van der Waals surface area contributed by atoms with Crippen molar-refractivity contribution >= 4 is 33.6 Å². The summed E-state index contributed by atoms with van der Waals surface area (Å²) in [4.78, 5) is 3.52. The van der Waals surface area contributed by atoms with Crippen molar-refractivity contribution < 1.29 is 4.74 Å². The van der Waals surface area contributed by atoms with E-state index in [0.29, 0.717) is 10.7 Å². The standard InChI is InChI=1S/C14H15ClN2OS/c15-12-9-10(16)1-2-11(12)13-3-4-14(19-13)17-5-7-18-8-6-17/h1-4,9H,5-8,16H2. The van der Waals surface area contributed by atoms with Crippen molar-refractivity contribution in [3.8, 4) is 10.4 Å². The maximum absolute atomic E-state index is 6.25. The van der Waals surface area contributed by atoms with Crippen molar-refractivity contribution in [1.29, 1.82) is 0 Å². The molecule has 0 aliphatic carbocycles. The predicted octanol–water partition coefficient (Wildman–Crippen LogP) is 3.49. The van der Waals surface area contributed by atoms with E-state index in [2.05, 4.69) is 17.0 Å². The maximum Gasteiger partial charge on any atom is 0.0916 e. The van der Waals surface area contributed by atoms with Crippen LogP contribution < -0.4 is 10.6 Å². The Morgan fingerprint density at radius 2 is 1.95 bits per heavy atom. The molecule has 100 valence electrons. The lowest BCUT2D eigenvalue weighted by Gasteiger charge is -2.27. The van der Waals surface area contributed by atoms with E-state index in [1.54, 1.807) is 17.4 Å². The molecule has 0 saturated carbocycles. The fourth-order valence-electron chi connectivity index (χ4n) is 2.16. The third-order valence-electron chi connectivity index (χ3n) is 3.17. The van der Waals surface area contributed by atoms with Crippen molar-refractivity contribution in [3.05, 3.63) is 35.4 Å². The SMILES string of the molecule is Nc1ccc(-c2ccc(N3CCOCC3)s2)c(Cl)c1. The zero-order chi connectivity index (χ0) is 13.2. The smallest absolute Gasteiger partial charge is 0.0916 e. The third-order valence-corrected chi connectivity index (χ3v) is 4.67. The normalized spacial score (nSPS) is 15.7. The molecule has 2 heterocycles. The zero-order valence-corrected chi connectivity index (χ0v) is 12.0. The Bertz CT molecular complexity index is 579. The first-order valence-corrected chi connectivity index (χ1v) is 7.41. The van der Waals surface area contributed by atoms with E-state index in [1.165, 1.54) is 9.88 Å². The number of hydrogen-bond donors (Lipinski definition) is 1. The number of nitrogen functional groups attached to an aromatic ring is 1. The van der Waals surface area contributed by atoms with Gasteiger partial charge in [-0.3, -0.25) is 0 Å². The average Bonchev–Trinajstić information content (AvgIpc) is 2.89. The van der Waals surface area contributed by atoms with E-state index < -0.39 is 0 Å². The van der Waals surface area contributed by atoms with Crippen molar-refractivity contribution in [2.24, 2.45) is 0 Å². The van der Waals surface area contributed by atoms with Crippen LogP contribution >= 0.6 is 22.9 Å². The maximum atomic E-state index is 6.25. The number of nitrogens with two attached hydrogens (primary N) is 1. The van der Waals surface area contributed by atoms with Gasteiger partial charge in [0.15, 0.2) is 0 Å². The van der Waals surface area contributed by atoms with Crippen molar-refractivity contribution in [3.63, 3.8) is 0 Å². The Kier molecular flexibility index (Phi) is 3.64. The van der Waals surface area contributed by atoms with Crippen LogP contribution in [0.3, 0.4) is 0 Å². The number of nitrogens with zero attached hydrogens (tertiary/aromatic N) is 1. The summed E-state index contributed by atoms with van der Waals surface area (Å²) in [6.45, 7) is 3.51. The topological polar surface area (TPSA) is 38.5 Å². The molecular formula is C14H15ClN2OS. The van der Waals surface area contributed by atoms with Crippen LogP contribution in [0.2, 0.25) is 5.02 Å². The second-order valence-corrected chi connectivity index (χ2v) is 5.95. The van der Waals surface area contributed by atoms with Crippen LogP contribution in [0.25, 0.3) is 10.4 Å². The third kappa shape index (κ3) is 2.71. The monoisotopic (exact) mass is 294 g/mol. The van der Waals surface area contributed by atoms with Gasteiger partial charge in [-0.25, -0.2) is 0 Å². The minimum Gasteiger partial charge on any atom is -0.399 e. The molecular weight excluding hydrogens is 280 g/mol. The lowest BCUT2D eigenvalue weighted by molar-refractivity contribution is 0.123. The number of thiophene rings is 1. The van der Waals surface area contributed by atoms with Crippen molar-refractivity contribution in [1.82, 2.24) is 0 Å². The molecule has 2 N–H and O–H groups in total. The second kappa shape index (κ2) is 5.41. The predicted molar refractivity (Wildman–Crippen MR) is 82.2 cm³/mol. The molecule has 3 rings (SSSR count). The summed E-state index contributed by atoms with van der Waals surface area (Å²) in [5.41, 5.74) is 7.46. The first kappa shape index (κ1) is 12.8. The first-order valence-electron chi connectivity index (χ1n) is 6.22. The molecule has 5 heteroatoms. The van der Waals surface area contributed by atoms with Gasteiger partial charge in [0.2, 0.25) is 0 Å². The number of anilines is 2. The molecule has 1 fully saturated rings. The first-order chi connectivity index (χ1) is 9.24. The fourth-order valence-corrected chi connectivity index (χ4v) is 3.60. The van der Waals surface area contributed by atoms with E-state index in [9.17, 15) is 0 Å². The van der Waals surface area contributed by atoms with E-state index in [4.69, 9.17) is 22.1 Å². The molecule has 1 aromatic heterocycles. The highest BCUT2D eigenvalue weighted by Gasteiger charge is 2.14. The summed E-state index contributed by atoms with van der Waals surface area (Å²) in [5.74, 6) is 0. The van der Waals surface area contributed by atoms with Gasteiger partial charge in [0, 0.05) is 29.2 Å². The van der Waals surface area contributed by atoms with Gasteiger partial charge in [-0.05, 0) is 24.3 Å². The molecule has 0 bridgehead atoms. The molecule has 1 aromatic carbocycles. The molecule has 2 aromatic rings. The van der Waals surface area contributed by atoms with Crippen LogP contribution in [0.15, 0.2) is 30.3 Å². The summed E-state index contributed by atoms with van der Waals surface area (Å²) in [6.07, 6.45) is 0. The van der Waals surface area contributed by atoms with Crippen LogP contribution in [0.1, 0.15) is 0 Å². The highest BCUT2D eigenvalue weighted by molar-refractivity contribution is 7.19. The molecule has 1 saturated heterocycles. The van der Waals surface area contributed by atoms with Gasteiger partial charge in [0.25, 0.3) is 0 Å².